The fourth-order valence-corrected chi connectivity index (χ4v) is 1.73. The van der Waals surface area contributed by atoms with E-state index in [1.54, 1.807) is 0 Å². The molecule has 7 heteroatoms. The van der Waals surface area contributed by atoms with E-state index in [4.69, 9.17) is 11.6 Å². The summed E-state index contributed by atoms with van der Waals surface area (Å²) in [6, 6.07) is 6.89. The monoisotopic (exact) mass is 307 g/mol. The molecule has 21 heavy (non-hydrogen) atoms. The SMILES string of the molecule is O=C(CNC(=O)c1ccncc1)Nc1ccc(F)c(Cl)c1. The third kappa shape index (κ3) is 4.25. The van der Waals surface area contributed by atoms with Crippen molar-refractivity contribution in [1.82, 2.24) is 10.3 Å². The van der Waals surface area contributed by atoms with Crippen LogP contribution in [-0.2, 0) is 4.79 Å². The highest BCUT2D eigenvalue weighted by molar-refractivity contribution is 6.31. The Hall–Kier alpha value is -2.47. The van der Waals surface area contributed by atoms with Gasteiger partial charge in [-0.1, -0.05) is 11.6 Å². The van der Waals surface area contributed by atoms with Gasteiger partial charge in [-0.3, -0.25) is 14.6 Å². The van der Waals surface area contributed by atoms with Crippen LogP contribution in [0.25, 0.3) is 0 Å². The van der Waals surface area contributed by atoms with Gasteiger partial charge in [0.1, 0.15) is 5.82 Å². The van der Waals surface area contributed by atoms with Crippen LogP contribution < -0.4 is 10.6 Å². The molecular formula is C14H11ClFN3O2. The number of hydrogen-bond donors (Lipinski definition) is 2. The zero-order chi connectivity index (χ0) is 15.2. The van der Waals surface area contributed by atoms with Crippen LogP contribution in [0.4, 0.5) is 10.1 Å². The lowest BCUT2D eigenvalue weighted by Gasteiger charge is -2.07. The largest absolute Gasteiger partial charge is 0.343 e. The van der Waals surface area contributed by atoms with E-state index in [1.807, 2.05) is 0 Å². The maximum atomic E-state index is 13.0. The number of aromatic nitrogens is 1. The predicted molar refractivity (Wildman–Crippen MR) is 76.6 cm³/mol. The highest BCUT2D eigenvalue weighted by Gasteiger charge is 2.08. The number of carbonyl (C=O) groups excluding carboxylic acids is 2. The molecule has 0 aliphatic carbocycles. The van der Waals surface area contributed by atoms with Crippen LogP contribution in [-0.4, -0.2) is 23.3 Å². The molecule has 108 valence electrons. The van der Waals surface area contributed by atoms with Crippen molar-refractivity contribution >= 4 is 29.1 Å². The fraction of sp³-hybridized carbons (Fsp3) is 0.0714. The number of nitrogens with zero attached hydrogens (tertiary/aromatic N) is 1. The standard InChI is InChI=1S/C14H11ClFN3O2/c15-11-7-10(1-2-12(11)16)19-13(20)8-18-14(21)9-3-5-17-6-4-9/h1-7H,8H2,(H,18,21)(H,19,20). The summed E-state index contributed by atoms with van der Waals surface area (Å²) in [7, 11) is 0. The molecule has 0 unspecified atom stereocenters. The molecule has 1 aromatic carbocycles. The maximum absolute atomic E-state index is 13.0. The van der Waals surface area contributed by atoms with Crippen molar-refractivity contribution in [2.24, 2.45) is 0 Å². The highest BCUT2D eigenvalue weighted by Crippen LogP contribution is 2.19. The summed E-state index contributed by atoms with van der Waals surface area (Å²) in [6.45, 7) is -0.212. The molecule has 5 nitrogen and oxygen atoms in total. The number of nitrogens with one attached hydrogen (secondary N) is 2. The van der Waals surface area contributed by atoms with Crippen molar-refractivity contribution in [2.45, 2.75) is 0 Å². The van der Waals surface area contributed by atoms with Gasteiger partial charge in [0, 0.05) is 23.6 Å². The summed E-state index contributed by atoms with van der Waals surface area (Å²) in [6.07, 6.45) is 2.96. The molecular weight excluding hydrogens is 297 g/mol. The lowest BCUT2D eigenvalue weighted by atomic mass is 10.2. The zero-order valence-electron chi connectivity index (χ0n) is 10.8. The van der Waals surface area contributed by atoms with E-state index >= 15 is 0 Å². The van der Waals surface area contributed by atoms with Crippen LogP contribution in [0.1, 0.15) is 10.4 Å². The van der Waals surface area contributed by atoms with E-state index in [0.29, 0.717) is 11.3 Å². The van der Waals surface area contributed by atoms with Gasteiger partial charge in [-0.25, -0.2) is 4.39 Å². The lowest BCUT2D eigenvalue weighted by Crippen LogP contribution is -2.32. The predicted octanol–water partition coefficient (Wildman–Crippen LogP) is 2.24. The molecule has 1 aromatic heterocycles. The Morgan fingerprint density at radius 2 is 1.90 bits per heavy atom. The molecule has 0 aliphatic heterocycles. The molecule has 2 N–H and O–H groups in total. The topological polar surface area (TPSA) is 71.1 Å². The molecule has 0 atom stereocenters. The summed E-state index contributed by atoms with van der Waals surface area (Å²) in [5.41, 5.74) is 0.757. The highest BCUT2D eigenvalue weighted by atomic mass is 35.5. The molecule has 0 bridgehead atoms. The molecule has 0 spiro atoms. The van der Waals surface area contributed by atoms with E-state index in [9.17, 15) is 14.0 Å². The summed E-state index contributed by atoms with van der Waals surface area (Å²) < 4.78 is 13.0. The molecule has 0 saturated heterocycles. The van der Waals surface area contributed by atoms with Crippen molar-refractivity contribution in [2.75, 3.05) is 11.9 Å². The Balaban J connectivity index is 1.87. The summed E-state index contributed by atoms with van der Waals surface area (Å²) in [5.74, 6) is -1.40. The van der Waals surface area contributed by atoms with Gasteiger partial charge in [0.25, 0.3) is 5.91 Å². The van der Waals surface area contributed by atoms with Gasteiger partial charge in [0.05, 0.1) is 11.6 Å². The number of amides is 2. The average Bonchev–Trinajstić information content (AvgIpc) is 2.49. The third-order valence-electron chi connectivity index (χ3n) is 2.56. The number of hydrogen-bond acceptors (Lipinski definition) is 3. The molecule has 0 radical (unpaired) electrons. The average molecular weight is 308 g/mol. The third-order valence-corrected chi connectivity index (χ3v) is 2.85. The molecule has 2 amide bonds. The van der Waals surface area contributed by atoms with E-state index in [-0.39, 0.29) is 17.5 Å². The smallest absolute Gasteiger partial charge is 0.251 e. The summed E-state index contributed by atoms with van der Waals surface area (Å²) in [5, 5.41) is 4.87. The van der Waals surface area contributed by atoms with Gasteiger partial charge in [0.15, 0.2) is 0 Å². The Morgan fingerprint density at radius 3 is 2.57 bits per heavy atom. The number of halogens is 2. The van der Waals surface area contributed by atoms with Crippen molar-refractivity contribution in [3.8, 4) is 0 Å². The Morgan fingerprint density at radius 1 is 1.19 bits per heavy atom. The Kier molecular flexibility index (Phi) is 4.84. The quantitative estimate of drug-likeness (QED) is 0.910. The normalized spacial score (nSPS) is 10.0. The zero-order valence-corrected chi connectivity index (χ0v) is 11.5. The molecule has 0 fully saturated rings. The first-order valence-electron chi connectivity index (χ1n) is 5.99. The number of pyridine rings is 1. The number of rotatable bonds is 4. The number of benzene rings is 1. The van der Waals surface area contributed by atoms with E-state index in [1.165, 1.54) is 36.7 Å². The van der Waals surface area contributed by atoms with Crippen LogP contribution in [0.5, 0.6) is 0 Å². The summed E-state index contributed by atoms with van der Waals surface area (Å²) >= 11 is 5.60. The molecule has 2 rings (SSSR count). The molecule has 1 heterocycles. The second-order valence-corrected chi connectivity index (χ2v) is 4.50. The van der Waals surface area contributed by atoms with Gasteiger partial charge in [-0.15, -0.1) is 0 Å². The lowest BCUT2D eigenvalue weighted by molar-refractivity contribution is -0.115. The van der Waals surface area contributed by atoms with E-state index in [0.717, 1.165) is 6.07 Å². The second kappa shape index (κ2) is 6.81. The minimum atomic E-state index is -0.569. The van der Waals surface area contributed by atoms with Crippen LogP contribution in [0.2, 0.25) is 5.02 Å². The first-order chi connectivity index (χ1) is 10.1. The minimum Gasteiger partial charge on any atom is -0.343 e. The Labute approximate surface area is 125 Å². The van der Waals surface area contributed by atoms with Gasteiger partial charge >= 0.3 is 0 Å². The Bertz CT molecular complexity index is 665. The van der Waals surface area contributed by atoms with E-state index < -0.39 is 11.7 Å². The van der Waals surface area contributed by atoms with Crippen LogP contribution >= 0.6 is 11.6 Å². The van der Waals surface area contributed by atoms with Crippen molar-refractivity contribution in [1.29, 1.82) is 0 Å². The van der Waals surface area contributed by atoms with Crippen molar-refractivity contribution in [3.63, 3.8) is 0 Å². The first-order valence-corrected chi connectivity index (χ1v) is 6.37. The van der Waals surface area contributed by atoms with Gasteiger partial charge < -0.3 is 10.6 Å². The fourth-order valence-electron chi connectivity index (χ4n) is 1.54. The van der Waals surface area contributed by atoms with Crippen molar-refractivity contribution < 1.29 is 14.0 Å². The van der Waals surface area contributed by atoms with Crippen LogP contribution in [0.15, 0.2) is 42.7 Å². The molecule has 2 aromatic rings. The first kappa shape index (κ1) is 14.9. The summed E-state index contributed by atoms with van der Waals surface area (Å²) in [4.78, 5) is 27.2. The van der Waals surface area contributed by atoms with Crippen molar-refractivity contribution in [3.05, 3.63) is 59.1 Å². The van der Waals surface area contributed by atoms with Crippen LogP contribution in [0.3, 0.4) is 0 Å². The van der Waals surface area contributed by atoms with Gasteiger partial charge in [-0.2, -0.15) is 0 Å². The van der Waals surface area contributed by atoms with Gasteiger partial charge in [0.2, 0.25) is 5.91 Å². The maximum Gasteiger partial charge on any atom is 0.251 e. The molecule has 0 aliphatic rings. The van der Waals surface area contributed by atoms with E-state index in [2.05, 4.69) is 15.6 Å². The molecule has 0 saturated carbocycles. The minimum absolute atomic E-state index is 0.0892. The van der Waals surface area contributed by atoms with Gasteiger partial charge in [-0.05, 0) is 30.3 Å². The van der Waals surface area contributed by atoms with Crippen LogP contribution in [0, 0.1) is 5.82 Å². The number of anilines is 1. The second-order valence-electron chi connectivity index (χ2n) is 4.10. The number of carbonyl (C=O) groups is 2.